The number of benzene rings is 3. The first-order valence-electron chi connectivity index (χ1n) is 11.4. The SMILES string of the molecule is CC(C)(OC(=O)c1cccc([S+](c2ccccc2)c2ccccc2)c1)C1CC2C=CC1C2. The third-order valence-corrected chi connectivity index (χ3v) is 9.00. The van der Waals surface area contributed by atoms with Crippen LogP contribution >= 0.6 is 0 Å². The van der Waals surface area contributed by atoms with E-state index >= 15 is 0 Å². The molecule has 3 atom stereocenters. The molecule has 2 nitrogen and oxygen atoms in total. The van der Waals surface area contributed by atoms with Gasteiger partial charge in [0.15, 0.2) is 14.7 Å². The van der Waals surface area contributed by atoms with Gasteiger partial charge in [-0.25, -0.2) is 4.79 Å². The van der Waals surface area contributed by atoms with Crippen LogP contribution in [0.5, 0.6) is 0 Å². The van der Waals surface area contributed by atoms with Crippen LogP contribution < -0.4 is 0 Å². The van der Waals surface area contributed by atoms with Gasteiger partial charge >= 0.3 is 5.97 Å². The van der Waals surface area contributed by atoms with Crippen LogP contribution in [0, 0.1) is 17.8 Å². The van der Waals surface area contributed by atoms with E-state index in [-0.39, 0.29) is 16.9 Å². The normalized spacial score (nSPS) is 21.8. The fourth-order valence-corrected chi connectivity index (χ4v) is 7.36. The van der Waals surface area contributed by atoms with Crippen molar-refractivity contribution in [3.8, 4) is 0 Å². The highest BCUT2D eigenvalue weighted by Gasteiger charge is 2.46. The molecule has 5 rings (SSSR count). The summed E-state index contributed by atoms with van der Waals surface area (Å²) in [6, 6.07) is 29.0. The molecule has 3 aromatic carbocycles. The predicted octanol–water partition coefficient (Wildman–Crippen LogP) is 6.93. The highest BCUT2D eigenvalue weighted by molar-refractivity contribution is 7.97. The van der Waals surface area contributed by atoms with Crippen molar-refractivity contribution in [3.63, 3.8) is 0 Å². The molecule has 0 radical (unpaired) electrons. The summed E-state index contributed by atoms with van der Waals surface area (Å²) in [7, 11) is -0.285. The molecule has 0 spiro atoms. The molecule has 0 aromatic heterocycles. The minimum Gasteiger partial charge on any atom is -0.456 e. The Bertz CT molecular complexity index is 1080. The summed E-state index contributed by atoms with van der Waals surface area (Å²) in [5, 5.41) is 0. The Balaban J connectivity index is 1.43. The quantitative estimate of drug-likeness (QED) is 0.235. The van der Waals surface area contributed by atoms with Crippen molar-refractivity contribution in [1.29, 1.82) is 0 Å². The average Bonchev–Trinajstić information content (AvgIpc) is 3.45. The number of carbonyl (C=O) groups is 1. The Kier molecular flexibility index (Phi) is 5.69. The fraction of sp³-hybridized carbons (Fsp3) is 0.276. The molecule has 1 fully saturated rings. The van der Waals surface area contributed by atoms with E-state index in [2.05, 4.69) is 80.6 Å². The lowest BCUT2D eigenvalue weighted by atomic mass is 9.80. The number of hydrogen-bond acceptors (Lipinski definition) is 2. The fourth-order valence-electron chi connectivity index (χ4n) is 5.23. The molecule has 0 aliphatic heterocycles. The summed E-state index contributed by atoms with van der Waals surface area (Å²) in [6.07, 6.45) is 6.97. The van der Waals surface area contributed by atoms with Gasteiger partial charge < -0.3 is 4.74 Å². The van der Waals surface area contributed by atoms with Crippen LogP contribution in [-0.4, -0.2) is 11.6 Å². The number of allylic oxidation sites excluding steroid dienone is 2. The van der Waals surface area contributed by atoms with Gasteiger partial charge in [0.2, 0.25) is 0 Å². The monoisotopic (exact) mass is 441 g/mol. The Morgan fingerprint density at radius 3 is 2.00 bits per heavy atom. The zero-order valence-electron chi connectivity index (χ0n) is 18.6. The maximum atomic E-state index is 13.2. The molecule has 32 heavy (non-hydrogen) atoms. The number of rotatable bonds is 6. The van der Waals surface area contributed by atoms with Crippen molar-refractivity contribution in [1.82, 2.24) is 0 Å². The van der Waals surface area contributed by atoms with E-state index in [0.717, 1.165) is 11.3 Å². The van der Waals surface area contributed by atoms with Crippen molar-refractivity contribution in [2.24, 2.45) is 17.8 Å². The minimum atomic E-state index is -0.474. The largest absolute Gasteiger partial charge is 0.456 e. The Labute approximate surface area is 193 Å². The van der Waals surface area contributed by atoms with Gasteiger partial charge in [0.05, 0.1) is 16.5 Å². The highest BCUT2D eigenvalue weighted by atomic mass is 32.2. The molecule has 0 amide bonds. The molecular weight excluding hydrogens is 412 g/mol. The average molecular weight is 442 g/mol. The summed E-state index contributed by atoms with van der Waals surface area (Å²) in [6.45, 7) is 4.15. The van der Waals surface area contributed by atoms with Crippen LogP contribution in [0.25, 0.3) is 0 Å². The van der Waals surface area contributed by atoms with Crippen molar-refractivity contribution in [2.75, 3.05) is 0 Å². The molecular formula is C29H29O2S+. The first-order valence-corrected chi connectivity index (χ1v) is 12.6. The first-order chi connectivity index (χ1) is 15.5. The zero-order valence-corrected chi connectivity index (χ0v) is 19.4. The molecule has 0 N–H and O–H groups in total. The van der Waals surface area contributed by atoms with Crippen LogP contribution in [0.1, 0.15) is 37.0 Å². The van der Waals surface area contributed by atoms with Gasteiger partial charge in [-0.05, 0) is 74.9 Å². The van der Waals surface area contributed by atoms with Crippen molar-refractivity contribution in [3.05, 3.63) is 103 Å². The Morgan fingerprint density at radius 1 is 0.812 bits per heavy atom. The van der Waals surface area contributed by atoms with Gasteiger partial charge in [-0.1, -0.05) is 54.6 Å². The van der Waals surface area contributed by atoms with E-state index in [4.69, 9.17) is 4.74 Å². The van der Waals surface area contributed by atoms with E-state index < -0.39 is 5.60 Å². The summed E-state index contributed by atoms with van der Waals surface area (Å²) >= 11 is 0. The lowest BCUT2D eigenvalue weighted by Crippen LogP contribution is -2.39. The maximum Gasteiger partial charge on any atom is 0.338 e. The third kappa shape index (κ3) is 4.14. The van der Waals surface area contributed by atoms with E-state index in [0.29, 0.717) is 23.3 Å². The number of hydrogen-bond donors (Lipinski definition) is 0. The molecule has 3 heteroatoms. The van der Waals surface area contributed by atoms with E-state index in [1.165, 1.54) is 16.2 Å². The van der Waals surface area contributed by atoms with Crippen molar-refractivity contribution >= 4 is 16.9 Å². The molecule has 0 saturated heterocycles. The number of ether oxygens (including phenoxy) is 1. The molecule has 0 heterocycles. The molecule has 3 unspecified atom stereocenters. The number of carbonyl (C=O) groups excluding carboxylic acids is 1. The molecule has 3 aromatic rings. The van der Waals surface area contributed by atoms with Crippen LogP contribution in [0.15, 0.2) is 112 Å². The second-order valence-electron chi connectivity index (χ2n) is 9.34. The minimum absolute atomic E-state index is 0.228. The number of esters is 1. The Hall–Kier alpha value is -2.78. The van der Waals surface area contributed by atoms with Gasteiger partial charge in [-0.3, -0.25) is 0 Å². The summed E-state index contributed by atoms with van der Waals surface area (Å²) < 4.78 is 6.14. The van der Waals surface area contributed by atoms with Gasteiger partial charge in [-0.2, -0.15) is 0 Å². The molecule has 2 aliphatic carbocycles. The van der Waals surface area contributed by atoms with Crippen LogP contribution in [0.4, 0.5) is 0 Å². The summed E-state index contributed by atoms with van der Waals surface area (Å²) in [5.74, 6) is 1.36. The van der Waals surface area contributed by atoms with Gasteiger partial charge in [0.1, 0.15) is 5.60 Å². The van der Waals surface area contributed by atoms with Crippen molar-refractivity contribution < 1.29 is 9.53 Å². The van der Waals surface area contributed by atoms with E-state index in [9.17, 15) is 4.79 Å². The second-order valence-corrected chi connectivity index (χ2v) is 11.4. The van der Waals surface area contributed by atoms with Crippen LogP contribution in [0.2, 0.25) is 0 Å². The first kappa shape index (κ1) is 21.1. The van der Waals surface area contributed by atoms with Crippen molar-refractivity contribution in [2.45, 2.75) is 47.0 Å². The van der Waals surface area contributed by atoms with Gasteiger partial charge in [0.25, 0.3) is 0 Å². The van der Waals surface area contributed by atoms with Gasteiger partial charge in [0, 0.05) is 12.0 Å². The van der Waals surface area contributed by atoms with Gasteiger partial charge in [-0.15, -0.1) is 0 Å². The predicted molar refractivity (Wildman–Crippen MR) is 130 cm³/mol. The van der Waals surface area contributed by atoms with Crippen LogP contribution in [0.3, 0.4) is 0 Å². The smallest absolute Gasteiger partial charge is 0.338 e. The van der Waals surface area contributed by atoms with E-state index in [1.807, 2.05) is 30.3 Å². The summed E-state index contributed by atoms with van der Waals surface area (Å²) in [5.41, 5.74) is 0.149. The zero-order chi connectivity index (χ0) is 22.1. The Morgan fingerprint density at radius 2 is 1.44 bits per heavy atom. The topological polar surface area (TPSA) is 26.3 Å². The second kappa shape index (κ2) is 8.63. The summed E-state index contributed by atoms with van der Waals surface area (Å²) in [4.78, 5) is 16.8. The standard InChI is InChI=1S/C29H29O2S/c1-29(2,27-19-21-16-17-22(27)18-21)31-28(30)23-10-9-15-26(20-23)32(24-11-5-3-6-12-24)25-13-7-4-8-14-25/h3-17,20-22,27H,18-19H2,1-2H3/q+1. The lowest BCUT2D eigenvalue weighted by molar-refractivity contribution is -0.0360. The van der Waals surface area contributed by atoms with E-state index in [1.54, 1.807) is 0 Å². The molecule has 1 saturated carbocycles. The maximum absolute atomic E-state index is 13.2. The van der Waals surface area contributed by atoms with Crippen LogP contribution in [-0.2, 0) is 15.6 Å². The lowest BCUT2D eigenvalue weighted by Gasteiger charge is -2.35. The number of fused-ring (bicyclic) bond motifs is 2. The molecule has 2 aliphatic rings. The molecule has 162 valence electrons. The highest BCUT2D eigenvalue weighted by Crippen LogP contribution is 2.49. The molecule has 2 bridgehead atoms. The third-order valence-electron chi connectivity index (χ3n) is 6.79.